The molecule has 0 radical (unpaired) electrons. The number of hydrogen-bond donors (Lipinski definition) is 3. The molecule has 9 heteroatoms. The molecule has 0 spiro atoms. The van der Waals surface area contributed by atoms with Gasteiger partial charge < -0.3 is 29.8 Å². The van der Waals surface area contributed by atoms with Crippen LogP contribution in [-0.4, -0.2) is 35.4 Å². The third-order valence-corrected chi connectivity index (χ3v) is 5.14. The van der Waals surface area contributed by atoms with E-state index in [0.717, 1.165) is 11.1 Å². The highest BCUT2D eigenvalue weighted by Crippen LogP contribution is 2.30. The van der Waals surface area contributed by atoms with Crippen LogP contribution in [-0.2, 0) is 16.6 Å². The molecule has 0 saturated carbocycles. The fourth-order valence-corrected chi connectivity index (χ4v) is 3.42. The molecule has 0 bridgehead atoms. The topological polar surface area (TPSA) is 119 Å². The predicted octanol–water partition coefficient (Wildman–Crippen LogP) is 3.58. The van der Waals surface area contributed by atoms with Crippen LogP contribution < -0.4 is 20.9 Å². The molecule has 1 aromatic heterocycles. The van der Waals surface area contributed by atoms with Crippen LogP contribution >= 0.6 is 0 Å². The first-order valence-electron chi connectivity index (χ1n) is 10.7. The van der Waals surface area contributed by atoms with E-state index in [0.29, 0.717) is 11.3 Å². The van der Waals surface area contributed by atoms with Crippen molar-refractivity contribution >= 4 is 17.7 Å². The molecule has 3 N–H and O–H groups in total. The Morgan fingerprint density at radius 2 is 1.82 bits per heavy atom. The number of pyridine rings is 1. The van der Waals surface area contributed by atoms with Gasteiger partial charge in [0, 0.05) is 13.2 Å². The molecule has 34 heavy (non-hydrogen) atoms. The highest BCUT2D eigenvalue weighted by molar-refractivity contribution is 5.91. The summed E-state index contributed by atoms with van der Waals surface area (Å²) >= 11 is 0. The fraction of sp³-hybridized carbons (Fsp3) is 0.240. The Bertz CT molecular complexity index is 1220. The lowest BCUT2D eigenvalue weighted by Gasteiger charge is -2.21. The number of hydrogen-bond acceptors (Lipinski definition) is 6. The summed E-state index contributed by atoms with van der Waals surface area (Å²) in [6.45, 7) is 1.89. The number of carbonyl (C=O) groups is 2. The summed E-state index contributed by atoms with van der Waals surface area (Å²) in [5.74, 6) is -0.328. The average Bonchev–Trinajstić information content (AvgIpc) is 2.84. The smallest absolute Gasteiger partial charge is 0.319 e. The monoisotopic (exact) mass is 465 g/mol. The van der Waals surface area contributed by atoms with Gasteiger partial charge >= 0.3 is 12.0 Å². The van der Waals surface area contributed by atoms with Gasteiger partial charge in [0.05, 0.1) is 26.2 Å². The fourth-order valence-electron chi connectivity index (χ4n) is 3.42. The molecule has 178 valence electrons. The molecule has 9 nitrogen and oxygen atoms in total. The number of amides is 2. The number of nitrogens with one attached hydrogen (secondary N) is 2. The van der Waals surface area contributed by atoms with Crippen LogP contribution in [0.2, 0.25) is 0 Å². The van der Waals surface area contributed by atoms with E-state index in [4.69, 9.17) is 9.47 Å². The van der Waals surface area contributed by atoms with Crippen molar-refractivity contribution in [2.24, 2.45) is 7.05 Å². The first kappa shape index (κ1) is 24.4. The van der Waals surface area contributed by atoms with E-state index in [1.54, 1.807) is 13.0 Å². The Morgan fingerprint density at radius 3 is 2.50 bits per heavy atom. The molecule has 0 aliphatic heterocycles. The van der Waals surface area contributed by atoms with Gasteiger partial charge in [-0.05, 0) is 47.9 Å². The minimum absolute atomic E-state index is 0.151. The van der Waals surface area contributed by atoms with Gasteiger partial charge in [-0.3, -0.25) is 9.59 Å². The molecule has 0 unspecified atom stereocenters. The number of aryl methyl sites for hydroxylation is 1. The van der Waals surface area contributed by atoms with Gasteiger partial charge in [0.25, 0.3) is 5.56 Å². The summed E-state index contributed by atoms with van der Waals surface area (Å²) in [5, 5.41) is 15.1. The number of ether oxygens (including phenoxy) is 2. The third kappa shape index (κ3) is 5.94. The van der Waals surface area contributed by atoms with Crippen molar-refractivity contribution in [2.45, 2.75) is 19.4 Å². The summed E-state index contributed by atoms with van der Waals surface area (Å²) < 4.78 is 11.7. The maximum atomic E-state index is 12.8. The van der Waals surface area contributed by atoms with Gasteiger partial charge in [-0.15, -0.1) is 0 Å². The van der Waals surface area contributed by atoms with Crippen molar-refractivity contribution in [3.05, 3.63) is 76.7 Å². The summed E-state index contributed by atoms with van der Waals surface area (Å²) in [4.78, 5) is 37.4. The number of esters is 1. The molecule has 2 amide bonds. The zero-order valence-electron chi connectivity index (χ0n) is 19.2. The summed E-state index contributed by atoms with van der Waals surface area (Å²) in [7, 11) is 3.03. The van der Waals surface area contributed by atoms with Gasteiger partial charge in [0.1, 0.15) is 11.5 Å². The van der Waals surface area contributed by atoms with E-state index in [1.807, 2.05) is 42.5 Å². The largest absolute Gasteiger partial charge is 0.505 e. The molecule has 1 heterocycles. The number of anilines is 1. The first-order valence-corrected chi connectivity index (χ1v) is 10.7. The van der Waals surface area contributed by atoms with E-state index < -0.39 is 23.6 Å². The zero-order chi connectivity index (χ0) is 24.7. The summed E-state index contributed by atoms with van der Waals surface area (Å²) in [5.41, 5.74) is 1.52. The molecular formula is C25H27N3O6. The first-order chi connectivity index (χ1) is 16.3. The van der Waals surface area contributed by atoms with E-state index in [-0.39, 0.29) is 24.5 Å². The normalized spacial score (nSPS) is 11.4. The van der Waals surface area contributed by atoms with Crippen molar-refractivity contribution in [3.63, 3.8) is 0 Å². The second kappa shape index (κ2) is 11.0. The SMILES string of the molecule is CCOC(=O)C[C@H](NC(=O)Nc1c(O)ccn(C)c1=O)c1cc(OC)cc(-c2ccccc2)c1. The molecule has 0 saturated heterocycles. The maximum Gasteiger partial charge on any atom is 0.319 e. The minimum Gasteiger partial charge on any atom is -0.505 e. The number of benzene rings is 2. The second-order valence-electron chi connectivity index (χ2n) is 7.51. The Labute approximate surface area is 197 Å². The van der Waals surface area contributed by atoms with Crippen LogP contribution in [0.5, 0.6) is 11.5 Å². The molecule has 0 aliphatic rings. The standard InChI is InChI=1S/C25H27N3O6/c1-4-34-22(30)15-20(26-25(32)27-23-21(29)10-11-28(2)24(23)31)18-12-17(13-19(14-18)33-3)16-8-6-5-7-9-16/h5-14,20,29H,4,15H2,1-3H3,(H2,26,27,32)/t20-/m0/s1. The second-order valence-corrected chi connectivity index (χ2v) is 7.51. The van der Waals surface area contributed by atoms with Crippen molar-refractivity contribution in [1.29, 1.82) is 0 Å². The van der Waals surface area contributed by atoms with Gasteiger partial charge in [-0.2, -0.15) is 0 Å². The molecule has 2 aromatic carbocycles. The lowest BCUT2D eigenvalue weighted by atomic mass is 9.97. The van der Waals surface area contributed by atoms with Crippen LogP contribution in [0.4, 0.5) is 10.5 Å². The molecule has 0 fully saturated rings. The quantitative estimate of drug-likeness (QED) is 0.438. The van der Waals surface area contributed by atoms with Gasteiger partial charge in [-0.1, -0.05) is 30.3 Å². The van der Waals surface area contributed by atoms with Gasteiger partial charge in [0.15, 0.2) is 5.69 Å². The Hall–Kier alpha value is -4.27. The van der Waals surface area contributed by atoms with Crippen molar-refractivity contribution < 1.29 is 24.2 Å². The zero-order valence-corrected chi connectivity index (χ0v) is 19.2. The third-order valence-electron chi connectivity index (χ3n) is 5.14. The highest BCUT2D eigenvalue weighted by atomic mass is 16.5. The van der Waals surface area contributed by atoms with Crippen LogP contribution in [0.15, 0.2) is 65.6 Å². The van der Waals surface area contributed by atoms with Crippen molar-refractivity contribution in [3.8, 4) is 22.6 Å². The summed E-state index contributed by atoms with van der Waals surface area (Å²) in [6, 6.07) is 14.7. The maximum absolute atomic E-state index is 12.8. The number of rotatable bonds is 8. The van der Waals surface area contributed by atoms with Gasteiger partial charge in [0.2, 0.25) is 0 Å². The minimum atomic E-state index is -0.800. The van der Waals surface area contributed by atoms with Crippen molar-refractivity contribution in [2.75, 3.05) is 19.0 Å². The van der Waals surface area contributed by atoms with Crippen LogP contribution in [0.25, 0.3) is 11.1 Å². The lowest BCUT2D eigenvalue weighted by molar-refractivity contribution is -0.143. The molecule has 1 atom stereocenters. The molecular weight excluding hydrogens is 438 g/mol. The number of nitrogens with zero attached hydrogens (tertiary/aromatic N) is 1. The lowest BCUT2D eigenvalue weighted by Crippen LogP contribution is -2.36. The number of urea groups is 1. The van der Waals surface area contributed by atoms with Gasteiger partial charge in [-0.25, -0.2) is 4.79 Å². The number of methoxy groups -OCH3 is 1. The van der Waals surface area contributed by atoms with E-state index in [1.165, 1.54) is 31.0 Å². The van der Waals surface area contributed by atoms with Crippen molar-refractivity contribution in [1.82, 2.24) is 9.88 Å². The van der Waals surface area contributed by atoms with Crippen LogP contribution in [0.1, 0.15) is 24.9 Å². The van der Waals surface area contributed by atoms with E-state index >= 15 is 0 Å². The number of aromatic hydroxyl groups is 1. The molecule has 3 aromatic rings. The highest BCUT2D eigenvalue weighted by Gasteiger charge is 2.22. The van der Waals surface area contributed by atoms with Crippen LogP contribution in [0.3, 0.4) is 0 Å². The predicted molar refractivity (Wildman–Crippen MR) is 128 cm³/mol. The molecule has 0 aliphatic carbocycles. The van der Waals surface area contributed by atoms with E-state index in [2.05, 4.69) is 10.6 Å². The Morgan fingerprint density at radius 1 is 1.09 bits per heavy atom. The molecule has 3 rings (SSSR count). The Kier molecular flexibility index (Phi) is 7.92. The van der Waals surface area contributed by atoms with Crippen LogP contribution in [0, 0.1) is 0 Å². The summed E-state index contributed by atoms with van der Waals surface area (Å²) in [6.07, 6.45) is 1.23. The van der Waals surface area contributed by atoms with E-state index in [9.17, 15) is 19.5 Å². The Balaban J connectivity index is 1.95. The number of carbonyl (C=O) groups excluding carboxylic acids is 2. The number of aromatic nitrogens is 1. The average molecular weight is 466 g/mol.